The van der Waals surface area contributed by atoms with Gasteiger partial charge in [-0.2, -0.15) is 9.37 Å². The molecule has 0 aliphatic heterocycles. The monoisotopic (exact) mass is 386 g/mol. The van der Waals surface area contributed by atoms with Gasteiger partial charge in [0.2, 0.25) is 17.7 Å². The molecule has 4 aromatic heterocycles. The number of carbonyl (C=O) groups is 1. The number of carbonyl (C=O) groups excluding carboxylic acids is 1. The fourth-order valence-corrected chi connectivity index (χ4v) is 2.63. The molecule has 0 saturated carbocycles. The van der Waals surface area contributed by atoms with Crippen molar-refractivity contribution >= 4 is 23.2 Å². The number of imidazole rings is 1. The van der Waals surface area contributed by atoms with Gasteiger partial charge in [0.15, 0.2) is 5.69 Å². The third-order valence-electron chi connectivity index (χ3n) is 3.79. The van der Waals surface area contributed by atoms with E-state index in [-0.39, 0.29) is 17.2 Å². The van der Waals surface area contributed by atoms with Crippen LogP contribution in [0.2, 0.25) is 5.02 Å². The van der Waals surface area contributed by atoms with Crippen LogP contribution in [-0.4, -0.2) is 30.4 Å². The quantitative estimate of drug-likeness (QED) is 0.578. The Balaban J connectivity index is 1.55. The molecule has 1 amide bonds. The van der Waals surface area contributed by atoms with Crippen molar-refractivity contribution in [3.05, 3.63) is 65.3 Å². The minimum Gasteiger partial charge on any atom is -0.339 e. The Morgan fingerprint density at radius 1 is 1.30 bits per heavy atom. The van der Waals surface area contributed by atoms with Crippen LogP contribution < -0.4 is 5.32 Å². The molecule has 0 saturated heterocycles. The van der Waals surface area contributed by atoms with Gasteiger partial charge >= 0.3 is 0 Å². The number of aromatic nitrogens is 5. The molecule has 0 aliphatic carbocycles. The minimum atomic E-state index is -0.808. The molecule has 0 spiro atoms. The van der Waals surface area contributed by atoms with Crippen molar-refractivity contribution in [3.8, 4) is 11.5 Å². The maximum atomic E-state index is 14.5. The van der Waals surface area contributed by atoms with Crippen molar-refractivity contribution in [1.82, 2.24) is 29.8 Å². The highest BCUT2D eigenvalue weighted by atomic mass is 35.5. The molecule has 1 N–H and O–H groups in total. The Hall–Kier alpha value is -3.33. The first kappa shape index (κ1) is 17.1. The van der Waals surface area contributed by atoms with Crippen LogP contribution in [0.5, 0.6) is 0 Å². The lowest BCUT2D eigenvalue weighted by molar-refractivity contribution is 0.0923. The van der Waals surface area contributed by atoms with E-state index in [1.165, 1.54) is 12.3 Å². The number of pyridine rings is 2. The van der Waals surface area contributed by atoms with Crippen molar-refractivity contribution in [3.63, 3.8) is 0 Å². The first-order valence-corrected chi connectivity index (χ1v) is 8.29. The summed E-state index contributed by atoms with van der Waals surface area (Å²) in [6.07, 6.45) is 2.95. The number of nitrogens with one attached hydrogen (secondary N) is 1. The smallest absolute Gasteiger partial charge is 0.275 e. The third kappa shape index (κ3) is 3.24. The van der Waals surface area contributed by atoms with Crippen LogP contribution >= 0.6 is 11.6 Å². The first-order chi connectivity index (χ1) is 13.0. The van der Waals surface area contributed by atoms with E-state index in [0.29, 0.717) is 16.5 Å². The number of hydrogen-bond acceptors (Lipinski definition) is 6. The fraction of sp³-hybridized carbons (Fsp3) is 0.118. The molecule has 0 fully saturated rings. The molecule has 4 heterocycles. The highest BCUT2D eigenvalue weighted by Crippen LogP contribution is 2.19. The van der Waals surface area contributed by atoms with E-state index in [4.69, 9.17) is 16.1 Å². The van der Waals surface area contributed by atoms with Crippen LogP contribution in [0.3, 0.4) is 0 Å². The summed E-state index contributed by atoms with van der Waals surface area (Å²) in [5, 5.41) is 6.76. The summed E-state index contributed by atoms with van der Waals surface area (Å²) < 4.78 is 20.7. The van der Waals surface area contributed by atoms with Gasteiger partial charge in [-0.05, 0) is 31.2 Å². The van der Waals surface area contributed by atoms with Gasteiger partial charge in [0.25, 0.3) is 5.91 Å². The summed E-state index contributed by atoms with van der Waals surface area (Å²) in [7, 11) is 0. The van der Waals surface area contributed by atoms with Gasteiger partial charge in [-0.3, -0.25) is 14.2 Å². The molecule has 0 radical (unpaired) electrons. The van der Waals surface area contributed by atoms with Crippen LogP contribution in [0, 0.1) is 5.95 Å². The van der Waals surface area contributed by atoms with Gasteiger partial charge in [-0.1, -0.05) is 22.8 Å². The van der Waals surface area contributed by atoms with Crippen molar-refractivity contribution in [1.29, 1.82) is 0 Å². The van der Waals surface area contributed by atoms with Gasteiger partial charge in [0.1, 0.15) is 17.4 Å². The van der Waals surface area contributed by atoms with Crippen molar-refractivity contribution in [2.45, 2.75) is 13.0 Å². The van der Waals surface area contributed by atoms with Crippen LogP contribution in [0.4, 0.5) is 4.39 Å². The van der Waals surface area contributed by atoms with E-state index in [2.05, 4.69) is 25.4 Å². The van der Waals surface area contributed by atoms with Crippen LogP contribution in [0.1, 0.15) is 29.3 Å². The molecule has 0 aromatic carbocycles. The topological polar surface area (TPSA) is 98.2 Å². The second-order valence-corrected chi connectivity index (χ2v) is 6.13. The molecule has 27 heavy (non-hydrogen) atoms. The molecule has 136 valence electrons. The Morgan fingerprint density at radius 3 is 2.93 bits per heavy atom. The second-order valence-electron chi connectivity index (χ2n) is 5.69. The zero-order valence-electron chi connectivity index (χ0n) is 13.9. The predicted molar refractivity (Wildman–Crippen MR) is 93.6 cm³/mol. The number of halogens is 2. The van der Waals surface area contributed by atoms with Crippen LogP contribution in [0.15, 0.2) is 47.2 Å². The minimum absolute atomic E-state index is 0.163. The lowest BCUT2D eigenvalue weighted by atomic mass is 10.3. The van der Waals surface area contributed by atoms with Crippen molar-refractivity contribution in [2.24, 2.45) is 0 Å². The number of rotatable bonds is 4. The van der Waals surface area contributed by atoms with E-state index >= 15 is 0 Å². The number of nitrogens with zero attached hydrogens (tertiary/aromatic N) is 5. The van der Waals surface area contributed by atoms with Gasteiger partial charge in [0.05, 0.1) is 5.02 Å². The number of hydrogen-bond donors (Lipinski definition) is 1. The zero-order chi connectivity index (χ0) is 19.0. The molecule has 10 heteroatoms. The van der Waals surface area contributed by atoms with E-state index in [1.54, 1.807) is 37.4 Å². The normalized spacial score (nSPS) is 12.3. The van der Waals surface area contributed by atoms with E-state index in [9.17, 15) is 9.18 Å². The Morgan fingerprint density at radius 2 is 2.15 bits per heavy atom. The van der Waals surface area contributed by atoms with Crippen LogP contribution in [0.25, 0.3) is 17.2 Å². The number of amides is 1. The molecule has 4 aromatic rings. The van der Waals surface area contributed by atoms with Gasteiger partial charge < -0.3 is 9.84 Å². The van der Waals surface area contributed by atoms with Gasteiger partial charge in [-0.25, -0.2) is 4.98 Å². The van der Waals surface area contributed by atoms with E-state index < -0.39 is 17.9 Å². The Bertz CT molecular complexity index is 1130. The highest BCUT2D eigenvalue weighted by Gasteiger charge is 2.23. The summed E-state index contributed by atoms with van der Waals surface area (Å²) in [6, 6.07) is 7.71. The molecular formula is C17H12ClFN6O2. The van der Waals surface area contributed by atoms with E-state index in [1.807, 2.05) is 0 Å². The predicted octanol–water partition coefficient (Wildman–Crippen LogP) is 3.06. The highest BCUT2D eigenvalue weighted by molar-refractivity contribution is 6.30. The molecule has 0 bridgehead atoms. The third-order valence-corrected chi connectivity index (χ3v) is 4.02. The van der Waals surface area contributed by atoms with Crippen molar-refractivity contribution in [2.75, 3.05) is 0 Å². The van der Waals surface area contributed by atoms with Gasteiger partial charge in [-0.15, -0.1) is 0 Å². The second kappa shape index (κ2) is 6.76. The molecule has 8 nitrogen and oxygen atoms in total. The summed E-state index contributed by atoms with van der Waals surface area (Å²) in [4.78, 5) is 24.8. The van der Waals surface area contributed by atoms with Crippen molar-refractivity contribution < 1.29 is 13.7 Å². The maximum Gasteiger partial charge on any atom is 0.275 e. The summed E-state index contributed by atoms with van der Waals surface area (Å²) >= 11 is 5.85. The first-order valence-electron chi connectivity index (χ1n) is 7.92. The van der Waals surface area contributed by atoms with E-state index in [0.717, 1.165) is 4.40 Å². The summed E-state index contributed by atoms with van der Waals surface area (Å²) in [5.74, 6) is -1.06. The Kier molecular flexibility index (Phi) is 4.28. The molecular weight excluding hydrogens is 375 g/mol. The fourth-order valence-electron chi connectivity index (χ4n) is 2.47. The maximum absolute atomic E-state index is 14.5. The molecule has 0 aliphatic rings. The average molecular weight is 387 g/mol. The SMILES string of the molecule is C[C@H](NC(=O)c1nc2ccc(Cl)cn2c1F)c1nc(-c2ccccn2)no1. The molecule has 0 unspecified atom stereocenters. The average Bonchev–Trinajstić information content (AvgIpc) is 3.28. The molecule has 4 rings (SSSR count). The lowest BCUT2D eigenvalue weighted by Gasteiger charge is -2.07. The summed E-state index contributed by atoms with van der Waals surface area (Å²) in [5.41, 5.74) is 0.452. The van der Waals surface area contributed by atoms with Gasteiger partial charge in [0, 0.05) is 12.4 Å². The standard InChI is InChI=1S/C17H12ClFN6O2/c1-9(17-23-15(24-27-17)11-4-2-3-7-20-11)21-16(26)13-14(19)25-8-10(18)5-6-12(25)22-13/h2-9H,1H3,(H,21,26)/t9-/m0/s1. The largest absolute Gasteiger partial charge is 0.339 e. The zero-order valence-corrected chi connectivity index (χ0v) is 14.7. The van der Waals surface area contributed by atoms with Crippen LogP contribution in [-0.2, 0) is 0 Å². The summed E-state index contributed by atoms with van der Waals surface area (Å²) in [6.45, 7) is 1.64. The molecule has 1 atom stereocenters. The lowest BCUT2D eigenvalue weighted by Crippen LogP contribution is -2.28. The Labute approximate surface area is 157 Å². The number of fused-ring (bicyclic) bond motifs is 1.